The maximum Gasteiger partial charge on any atom is 0.251 e. The minimum atomic E-state index is 0.0392. The lowest BCUT2D eigenvalue weighted by atomic mass is 10.0. The van der Waals surface area contributed by atoms with Crippen LogP contribution in [-0.4, -0.2) is 19.5 Å². The summed E-state index contributed by atoms with van der Waals surface area (Å²) in [5.41, 5.74) is 2.82. The van der Waals surface area contributed by atoms with Gasteiger partial charge in [0, 0.05) is 24.8 Å². The molecular weight excluding hydrogens is 260 g/mol. The van der Waals surface area contributed by atoms with Crippen LogP contribution in [0.15, 0.2) is 18.2 Å². The number of hydrogen-bond donors (Lipinski definition) is 2. The first-order valence-corrected chi connectivity index (χ1v) is 8.11. The number of unbranched alkanes of at least 4 members (excludes halogenated alkanes) is 3. The van der Waals surface area contributed by atoms with Crippen molar-refractivity contribution in [3.63, 3.8) is 0 Å². The molecule has 1 amide bonds. The van der Waals surface area contributed by atoms with Crippen molar-refractivity contribution in [2.45, 2.75) is 52.9 Å². The SMILES string of the molecule is CNc1ccc(C(=O)NCCCCCCC(C)C)c(C)c1. The molecule has 3 nitrogen and oxygen atoms in total. The van der Waals surface area contributed by atoms with E-state index < -0.39 is 0 Å². The molecule has 21 heavy (non-hydrogen) atoms. The largest absolute Gasteiger partial charge is 0.388 e. The number of carbonyl (C=O) groups excluding carboxylic acids is 1. The fourth-order valence-corrected chi connectivity index (χ4v) is 2.40. The van der Waals surface area contributed by atoms with Crippen LogP contribution in [0.2, 0.25) is 0 Å². The highest BCUT2D eigenvalue weighted by atomic mass is 16.1. The van der Waals surface area contributed by atoms with E-state index in [0.29, 0.717) is 0 Å². The normalized spacial score (nSPS) is 10.7. The Morgan fingerprint density at radius 2 is 1.86 bits per heavy atom. The highest BCUT2D eigenvalue weighted by Gasteiger charge is 2.08. The molecule has 0 aliphatic rings. The second-order valence-electron chi connectivity index (χ2n) is 6.13. The molecule has 1 aromatic carbocycles. The van der Waals surface area contributed by atoms with E-state index in [0.717, 1.165) is 35.7 Å². The van der Waals surface area contributed by atoms with Crippen molar-refractivity contribution < 1.29 is 4.79 Å². The van der Waals surface area contributed by atoms with Gasteiger partial charge in [-0.2, -0.15) is 0 Å². The maximum atomic E-state index is 12.1. The Morgan fingerprint density at radius 1 is 1.14 bits per heavy atom. The van der Waals surface area contributed by atoms with Gasteiger partial charge in [-0.05, 0) is 43.0 Å². The van der Waals surface area contributed by atoms with E-state index in [-0.39, 0.29) is 5.91 Å². The van der Waals surface area contributed by atoms with E-state index in [1.165, 1.54) is 25.7 Å². The van der Waals surface area contributed by atoms with Crippen LogP contribution in [0.5, 0.6) is 0 Å². The molecule has 0 heterocycles. The molecule has 0 aliphatic heterocycles. The molecular formula is C18H30N2O. The summed E-state index contributed by atoms with van der Waals surface area (Å²) in [5.74, 6) is 0.839. The number of amides is 1. The number of anilines is 1. The zero-order valence-electron chi connectivity index (χ0n) is 14.0. The van der Waals surface area contributed by atoms with Crippen LogP contribution in [0.4, 0.5) is 5.69 Å². The first-order valence-electron chi connectivity index (χ1n) is 8.11. The van der Waals surface area contributed by atoms with Gasteiger partial charge in [0.05, 0.1) is 0 Å². The van der Waals surface area contributed by atoms with Crippen LogP contribution in [-0.2, 0) is 0 Å². The van der Waals surface area contributed by atoms with Crippen molar-refractivity contribution in [1.82, 2.24) is 5.32 Å². The molecule has 3 heteroatoms. The third-order valence-corrected chi connectivity index (χ3v) is 3.75. The molecule has 0 unspecified atom stereocenters. The number of aryl methyl sites for hydroxylation is 1. The lowest BCUT2D eigenvalue weighted by molar-refractivity contribution is 0.0952. The molecule has 1 rings (SSSR count). The first kappa shape index (κ1) is 17.5. The Hall–Kier alpha value is -1.51. The number of benzene rings is 1. The molecule has 1 aromatic rings. The van der Waals surface area contributed by atoms with Gasteiger partial charge in [-0.1, -0.05) is 39.5 Å². The molecule has 0 saturated carbocycles. The zero-order valence-corrected chi connectivity index (χ0v) is 14.0. The van der Waals surface area contributed by atoms with Gasteiger partial charge in [0.25, 0.3) is 5.91 Å². The summed E-state index contributed by atoms with van der Waals surface area (Å²) in [6, 6.07) is 5.83. The van der Waals surface area contributed by atoms with Crippen molar-refractivity contribution in [3.8, 4) is 0 Å². The maximum absolute atomic E-state index is 12.1. The minimum Gasteiger partial charge on any atom is -0.388 e. The molecule has 0 aromatic heterocycles. The van der Waals surface area contributed by atoms with Crippen molar-refractivity contribution in [2.24, 2.45) is 5.92 Å². The average Bonchev–Trinajstić information content (AvgIpc) is 2.45. The van der Waals surface area contributed by atoms with Crippen LogP contribution in [0.25, 0.3) is 0 Å². The van der Waals surface area contributed by atoms with Crippen LogP contribution < -0.4 is 10.6 Å². The highest BCUT2D eigenvalue weighted by molar-refractivity contribution is 5.96. The van der Waals surface area contributed by atoms with Crippen molar-refractivity contribution in [1.29, 1.82) is 0 Å². The Bertz CT molecular complexity index is 441. The van der Waals surface area contributed by atoms with Crippen LogP contribution in [0, 0.1) is 12.8 Å². The van der Waals surface area contributed by atoms with Crippen LogP contribution in [0.1, 0.15) is 61.9 Å². The smallest absolute Gasteiger partial charge is 0.251 e. The summed E-state index contributed by atoms with van der Waals surface area (Å²) in [7, 11) is 1.88. The van der Waals surface area contributed by atoms with E-state index in [1.54, 1.807) is 0 Å². The molecule has 118 valence electrons. The zero-order chi connectivity index (χ0) is 15.7. The van der Waals surface area contributed by atoms with Crippen molar-refractivity contribution >= 4 is 11.6 Å². The van der Waals surface area contributed by atoms with E-state index in [1.807, 2.05) is 32.2 Å². The third kappa shape index (κ3) is 6.65. The van der Waals surface area contributed by atoms with Gasteiger partial charge < -0.3 is 10.6 Å². The summed E-state index contributed by atoms with van der Waals surface area (Å²) < 4.78 is 0. The average molecular weight is 290 g/mol. The number of nitrogens with one attached hydrogen (secondary N) is 2. The second-order valence-corrected chi connectivity index (χ2v) is 6.13. The summed E-state index contributed by atoms with van der Waals surface area (Å²) in [6.07, 6.45) is 6.14. The van der Waals surface area contributed by atoms with E-state index in [2.05, 4.69) is 24.5 Å². The van der Waals surface area contributed by atoms with Gasteiger partial charge in [0.1, 0.15) is 0 Å². The molecule has 0 radical (unpaired) electrons. The fourth-order valence-electron chi connectivity index (χ4n) is 2.40. The topological polar surface area (TPSA) is 41.1 Å². The predicted octanol–water partition coefficient (Wildman–Crippen LogP) is 4.37. The number of carbonyl (C=O) groups is 1. The molecule has 0 atom stereocenters. The quantitative estimate of drug-likeness (QED) is 0.663. The highest BCUT2D eigenvalue weighted by Crippen LogP contribution is 2.14. The standard InChI is InChI=1S/C18H30N2O/c1-14(2)9-7-5-6-8-12-20-18(21)17-11-10-16(19-4)13-15(17)3/h10-11,13-14,19H,5-9,12H2,1-4H3,(H,20,21). The van der Waals surface area contributed by atoms with Gasteiger partial charge in [0.2, 0.25) is 0 Å². The lowest BCUT2D eigenvalue weighted by Crippen LogP contribution is -2.25. The third-order valence-electron chi connectivity index (χ3n) is 3.75. The Morgan fingerprint density at radius 3 is 2.48 bits per heavy atom. The van der Waals surface area contributed by atoms with Crippen LogP contribution >= 0.6 is 0 Å². The first-order chi connectivity index (χ1) is 10.0. The molecule has 0 saturated heterocycles. The fraction of sp³-hybridized carbons (Fsp3) is 0.611. The Kier molecular flexibility index (Phi) is 7.88. The summed E-state index contributed by atoms with van der Waals surface area (Å²) in [6.45, 7) is 7.28. The monoisotopic (exact) mass is 290 g/mol. The minimum absolute atomic E-state index is 0.0392. The predicted molar refractivity (Wildman–Crippen MR) is 91.0 cm³/mol. The number of rotatable bonds is 9. The van der Waals surface area contributed by atoms with Gasteiger partial charge in [-0.15, -0.1) is 0 Å². The Labute approximate surface area is 129 Å². The van der Waals surface area contributed by atoms with E-state index in [4.69, 9.17) is 0 Å². The van der Waals surface area contributed by atoms with Crippen molar-refractivity contribution in [3.05, 3.63) is 29.3 Å². The van der Waals surface area contributed by atoms with E-state index >= 15 is 0 Å². The Balaban J connectivity index is 2.25. The summed E-state index contributed by atoms with van der Waals surface area (Å²) in [4.78, 5) is 12.1. The van der Waals surface area contributed by atoms with Gasteiger partial charge >= 0.3 is 0 Å². The second kappa shape index (κ2) is 9.43. The van der Waals surface area contributed by atoms with Gasteiger partial charge in [-0.25, -0.2) is 0 Å². The molecule has 0 spiro atoms. The van der Waals surface area contributed by atoms with Gasteiger partial charge in [-0.3, -0.25) is 4.79 Å². The van der Waals surface area contributed by atoms with Crippen molar-refractivity contribution in [2.75, 3.05) is 18.9 Å². The molecule has 0 bridgehead atoms. The molecule has 0 fully saturated rings. The summed E-state index contributed by atoms with van der Waals surface area (Å²) >= 11 is 0. The van der Waals surface area contributed by atoms with Crippen LogP contribution in [0.3, 0.4) is 0 Å². The molecule has 0 aliphatic carbocycles. The summed E-state index contributed by atoms with van der Waals surface area (Å²) in [5, 5.41) is 6.10. The molecule has 2 N–H and O–H groups in total. The lowest BCUT2D eigenvalue weighted by Gasteiger charge is -2.09. The van der Waals surface area contributed by atoms with E-state index in [9.17, 15) is 4.79 Å². The number of hydrogen-bond acceptors (Lipinski definition) is 2. The van der Waals surface area contributed by atoms with Gasteiger partial charge in [0.15, 0.2) is 0 Å².